The van der Waals surface area contributed by atoms with Crippen molar-refractivity contribution in [3.8, 4) is 11.1 Å². The Balaban J connectivity index is 1.99. The molecule has 1 aliphatic rings. The first-order valence-corrected chi connectivity index (χ1v) is 8.09. The van der Waals surface area contributed by atoms with Crippen LogP contribution >= 0.6 is 0 Å². The molecule has 0 aliphatic carbocycles. The highest BCUT2D eigenvalue weighted by Gasteiger charge is 2.52. The zero-order chi connectivity index (χ0) is 16.8. The molecule has 120 valence electrons. The Morgan fingerprint density at radius 2 is 1.48 bits per heavy atom. The molecule has 1 fully saturated rings. The van der Waals surface area contributed by atoms with E-state index in [0.717, 1.165) is 11.2 Å². The number of hydrogen-bond acceptors (Lipinski definition) is 3. The molecule has 1 saturated heterocycles. The van der Waals surface area contributed by atoms with E-state index in [4.69, 9.17) is 9.31 Å². The van der Waals surface area contributed by atoms with Gasteiger partial charge in [0.05, 0.1) is 16.8 Å². The molecule has 2 aromatic rings. The molecule has 0 spiro atoms. The van der Waals surface area contributed by atoms with Crippen LogP contribution in [0.3, 0.4) is 0 Å². The third kappa shape index (κ3) is 2.82. The Bertz CT molecular complexity index is 704. The Morgan fingerprint density at radius 3 is 2.04 bits per heavy atom. The molecule has 0 radical (unpaired) electrons. The van der Waals surface area contributed by atoms with E-state index < -0.39 is 7.12 Å². The minimum atomic E-state index is -0.427. The fourth-order valence-corrected chi connectivity index (χ4v) is 2.97. The third-order valence-corrected chi connectivity index (χ3v) is 5.05. The molecule has 4 heteroatoms. The fraction of sp³-hybridized carbons (Fsp3) is 0.421. The van der Waals surface area contributed by atoms with Crippen LogP contribution in [0.5, 0.6) is 0 Å². The zero-order valence-electron chi connectivity index (χ0n) is 14.8. The summed E-state index contributed by atoms with van der Waals surface area (Å²) in [7, 11) is -0.427. The van der Waals surface area contributed by atoms with Gasteiger partial charge in [-0.25, -0.2) is 0 Å². The van der Waals surface area contributed by atoms with E-state index in [0.29, 0.717) is 0 Å². The first kappa shape index (κ1) is 16.2. The summed E-state index contributed by atoms with van der Waals surface area (Å²) in [4.78, 5) is 4.49. The minimum absolute atomic E-state index is 0.353. The predicted molar refractivity (Wildman–Crippen MR) is 94.9 cm³/mol. The average molecular weight is 309 g/mol. The maximum atomic E-state index is 6.12. The molecule has 0 amide bonds. The summed E-state index contributed by atoms with van der Waals surface area (Å²) in [5, 5.41) is 0. The Labute approximate surface area is 139 Å². The van der Waals surface area contributed by atoms with Crippen molar-refractivity contribution in [2.45, 2.75) is 52.7 Å². The normalized spacial score (nSPS) is 19.1. The molecule has 1 aromatic carbocycles. The lowest BCUT2D eigenvalue weighted by molar-refractivity contribution is 0.00578. The van der Waals surface area contributed by atoms with Crippen molar-refractivity contribution in [3.63, 3.8) is 0 Å². The van der Waals surface area contributed by atoms with Crippen molar-refractivity contribution < 1.29 is 9.31 Å². The number of benzene rings is 1. The molecule has 0 bridgehead atoms. The van der Waals surface area contributed by atoms with Crippen LogP contribution in [0.15, 0.2) is 36.5 Å². The van der Waals surface area contributed by atoms with Gasteiger partial charge in [-0.1, -0.05) is 18.2 Å². The van der Waals surface area contributed by atoms with Crippen molar-refractivity contribution in [2.75, 3.05) is 0 Å². The van der Waals surface area contributed by atoms with Crippen LogP contribution < -0.4 is 5.59 Å². The molecule has 2 heterocycles. The molecule has 1 aliphatic heterocycles. The van der Waals surface area contributed by atoms with Gasteiger partial charge >= 0.3 is 7.12 Å². The first-order valence-electron chi connectivity index (χ1n) is 8.09. The van der Waals surface area contributed by atoms with E-state index in [9.17, 15) is 0 Å². The third-order valence-electron chi connectivity index (χ3n) is 5.05. The van der Waals surface area contributed by atoms with Crippen LogP contribution in [-0.2, 0) is 9.31 Å². The fourth-order valence-electron chi connectivity index (χ4n) is 2.97. The van der Waals surface area contributed by atoms with Crippen molar-refractivity contribution in [1.82, 2.24) is 4.98 Å². The second kappa shape index (κ2) is 5.46. The molecular formula is C19H24BNO2. The van der Waals surface area contributed by atoms with Crippen molar-refractivity contribution in [3.05, 3.63) is 47.7 Å². The predicted octanol–water partition coefficient (Wildman–Crippen LogP) is 3.66. The zero-order valence-corrected chi connectivity index (χ0v) is 14.8. The maximum Gasteiger partial charge on any atom is 0.514 e. The average Bonchev–Trinajstić information content (AvgIpc) is 2.68. The van der Waals surface area contributed by atoms with Crippen LogP contribution in [-0.4, -0.2) is 23.3 Å². The van der Waals surface area contributed by atoms with Crippen LogP contribution in [0.1, 0.15) is 38.8 Å². The lowest BCUT2D eigenvalue weighted by Gasteiger charge is -2.32. The van der Waals surface area contributed by atoms with Crippen LogP contribution in [0.4, 0.5) is 0 Å². The summed E-state index contributed by atoms with van der Waals surface area (Å²) in [6.07, 6.45) is 1.83. The lowest BCUT2D eigenvalue weighted by atomic mass is 9.82. The Kier molecular flexibility index (Phi) is 3.85. The standard InChI is InChI=1S/C19H24BNO2/c1-13-8-7-9-14(2)17(13)15-10-11-21-16(12-15)20-22-18(3,4)19(5,6)23-20/h7-12H,1-6H3. The van der Waals surface area contributed by atoms with Crippen molar-refractivity contribution in [1.29, 1.82) is 0 Å². The molecule has 23 heavy (non-hydrogen) atoms. The number of aromatic nitrogens is 1. The van der Waals surface area contributed by atoms with Gasteiger partial charge in [0.15, 0.2) is 0 Å². The smallest absolute Gasteiger partial charge is 0.398 e. The second-order valence-electron chi connectivity index (χ2n) is 7.32. The molecule has 0 saturated carbocycles. The molecule has 3 rings (SSSR count). The molecule has 1 aromatic heterocycles. The SMILES string of the molecule is Cc1cccc(C)c1-c1ccnc(B2OC(C)(C)C(C)(C)O2)c1. The summed E-state index contributed by atoms with van der Waals surface area (Å²) in [5.74, 6) is 0. The molecule has 0 atom stereocenters. The van der Waals surface area contributed by atoms with Crippen molar-refractivity contribution >= 4 is 12.7 Å². The highest BCUT2D eigenvalue weighted by Crippen LogP contribution is 2.36. The quantitative estimate of drug-likeness (QED) is 0.793. The highest BCUT2D eigenvalue weighted by molar-refractivity contribution is 6.61. The summed E-state index contributed by atoms with van der Waals surface area (Å²) < 4.78 is 12.2. The van der Waals surface area contributed by atoms with E-state index >= 15 is 0 Å². The Hall–Kier alpha value is -1.65. The minimum Gasteiger partial charge on any atom is -0.398 e. The topological polar surface area (TPSA) is 31.4 Å². The van der Waals surface area contributed by atoms with E-state index in [2.05, 4.69) is 70.8 Å². The monoisotopic (exact) mass is 309 g/mol. The van der Waals surface area contributed by atoms with E-state index in [-0.39, 0.29) is 11.2 Å². The molecule has 0 unspecified atom stereocenters. The number of rotatable bonds is 2. The highest BCUT2D eigenvalue weighted by atomic mass is 16.7. The van der Waals surface area contributed by atoms with E-state index in [1.165, 1.54) is 16.7 Å². The summed E-state index contributed by atoms with van der Waals surface area (Å²) in [6.45, 7) is 12.5. The second-order valence-corrected chi connectivity index (χ2v) is 7.32. The number of aryl methyl sites for hydroxylation is 2. The number of nitrogens with zero attached hydrogens (tertiary/aromatic N) is 1. The van der Waals surface area contributed by atoms with Gasteiger partial charge in [0.2, 0.25) is 0 Å². The van der Waals surface area contributed by atoms with Gasteiger partial charge in [-0.3, -0.25) is 4.98 Å². The van der Waals surface area contributed by atoms with Gasteiger partial charge in [-0.2, -0.15) is 0 Å². The number of pyridine rings is 1. The van der Waals surface area contributed by atoms with Crippen LogP contribution in [0, 0.1) is 13.8 Å². The van der Waals surface area contributed by atoms with E-state index in [1.807, 2.05) is 12.3 Å². The van der Waals surface area contributed by atoms with Gasteiger partial charge in [-0.05, 0) is 75.9 Å². The molecular weight excluding hydrogens is 285 g/mol. The molecule has 3 nitrogen and oxygen atoms in total. The van der Waals surface area contributed by atoms with Crippen LogP contribution in [0.2, 0.25) is 0 Å². The van der Waals surface area contributed by atoms with Gasteiger partial charge in [-0.15, -0.1) is 0 Å². The summed E-state index contributed by atoms with van der Waals surface area (Å²) in [6, 6.07) is 10.5. The maximum absolute atomic E-state index is 6.12. The van der Waals surface area contributed by atoms with Crippen molar-refractivity contribution in [2.24, 2.45) is 0 Å². The van der Waals surface area contributed by atoms with Gasteiger partial charge < -0.3 is 9.31 Å². The van der Waals surface area contributed by atoms with Gasteiger partial charge in [0.25, 0.3) is 0 Å². The lowest BCUT2D eigenvalue weighted by Crippen LogP contribution is -2.41. The largest absolute Gasteiger partial charge is 0.514 e. The van der Waals surface area contributed by atoms with Crippen LogP contribution in [0.25, 0.3) is 11.1 Å². The van der Waals surface area contributed by atoms with E-state index in [1.54, 1.807) is 0 Å². The Morgan fingerprint density at radius 1 is 0.913 bits per heavy atom. The summed E-state index contributed by atoms with van der Waals surface area (Å²) in [5.41, 5.74) is 5.05. The summed E-state index contributed by atoms with van der Waals surface area (Å²) >= 11 is 0. The molecule has 0 N–H and O–H groups in total. The van der Waals surface area contributed by atoms with Gasteiger partial charge in [0, 0.05) is 6.20 Å². The van der Waals surface area contributed by atoms with Gasteiger partial charge in [0.1, 0.15) is 0 Å². The number of hydrogen-bond donors (Lipinski definition) is 0. The first-order chi connectivity index (χ1) is 10.7.